The zero-order valence-electron chi connectivity index (χ0n) is 11.0. The smallest absolute Gasteiger partial charge is 0.178 e. The summed E-state index contributed by atoms with van der Waals surface area (Å²) < 4.78 is 1.96. The Morgan fingerprint density at radius 2 is 1.88 bits per heavy atom. The average Bonchev–Trinajstić information content (AvgIpc) is 2.74. The average molecular weight is 232 g/mol. The van der Waals surface area contributed by atoms with Gasteiger partial charge in [-0.05, 0) is 32.3 Å². The molecule has 0 aliphatic rings. The summed E-state index contributed by atoms with van der Waals surface area (Å²) in [6.07, 6.45) is 3.86. The Hall–Kier alpha value is -1.61. The van der Waals surface area contributed by atoms with Gasteiger partial charge in [0.25, 0.3) is 0 Å². The highest BCUT2D eigenvalue weighted by molar-refractivity contribution is 6.03. The molecule has 0 saturated carbocycles. The third-order valence-electron chi connectivity index (χ3n) is 2.33. The van der Waals surface area contributed by atoms with Gasteiger partial charge in [-0.15, -0.1) is 0 Å². The highest BCUT2D eigenvalue weighted by Gasteiger charge is 2.11. The Kier molecular flexibility index (Phi) is 4.91. The van der Waals surface area contributed by atoms with Crippen LogP contribution in [0.5, 0.6) is 0 Å². The number of aromatic nitrogens is 1. The Morgan fingerprint density at radius 3 is 2.53 bits per heavy atom. The van der Waals surface area contributed by atoms with Crippen LogP contribution in [0.3, 0.4) is 0 Å². The van der Waals surface area contributed by atoms with Crippen LogP contribution in [0.25, 0.3) is 5.52 Å². The van der Waals surface area contributed by atoms with Crippen molar-refractivity contribution in [2.45, 2.75) is 13.8 Å². The number of hydrogen-bond acceptors (Lipinski definition) is 2. The summed E-state index contributed by atoms with van der Waals surface area (Å²) in [7, 11) is 3.80. The van der Waals surface area contributed by atoms with E-state index in [4.69, 9.17) is 0 Å². The summed E-state index contributed by atoms with van der Waals surface area (Å²) in [5.41, 5.74) is 1.77. The van der Waals surface area contributed by atoms with Gasteiger partial charge in [-0.3, -0.25) is 4.79 Å². The molecule has 0 spiro atoms. The molecule has 0 fully saturated rings. The molecule has 0 aliphatic carbocycles. The predicted octanol–water partition coefficient (Wildman–Crippen LogP) is 2.71. The summed E-state index contributed by atoms with van der Waals surface area (Å²) in [5, 5.41) is 0. The molecule has 0 N–H and O–H groups in total. The number of hydrogen-bond donors (Lipinski definition) is 0. The van der Waals surface area contributed by atoms with Gasteiger partial charge in [0.05, 0.1) is 12.1 Å². The normalized spacial score (nSPS) is 10.2. The number of ketones is 1. The highest BCUT2D eigenvalue weighted by atomic mass is 16.1. The fourth-order valence-electron chi connectivity index (χ4n) is 1.66. The van der Waals surface area contributed by atoms with Crippen molar-refractivity contribution in [2.24, 2.45) is 0 Å². The first kappa shape index (κ1) is 13.5. The van der Waals surface area contributed by atoms with Crippen LogP contribution in [-0.4, -0.2) is 35.7 Å². The van der Waals surface area contributed by atoms with Crippen molar-refractivity contribution in [1.29, 1.82) is 0 Å². The van der Waals surface area contributed by atoms with Crippen LogP contribution in [0.2, 0.25) is 0 Å². The van der Waals surface area contributed by atoms with Crippen LogP contribution in [-0.2, 0) is 0 Å². The van der Waals surface area contributed by atoms with Crippen molar-refractivity contribution in [3.63, 3.8) is 0 Å². The first-order chi connectivity index (χ1) is 8.18. The monoisotopic (exact) mass is 232 g/mol. The van der Waals surface area contributed by atoms with Crippen molar-refractivity contribution in [2.75, 3.05) is 20.6 Å². The first-order valence-electron chi connectivity index (χ1n) is 5.92. The Balaban J connectivity index is 0.000000686. The molecule has 0 saturated heterocycles. The van der Waals surface area contributed by atoms with E-state index in [1.54, 1.807) is 0 Å². The van der Waals surface area contributed by atoms with Gasteiger partial charge in [-0.2, -0.15) is 0 Å². The maximum absolute atomic E-state index is 11.9. The maximum atomic E-state index is 11.9. The molecule has 2 aromatic rings. The lowest BCUT2D eigenvalue weighted by molar-refractivity contribution is 0.0959. The minimum atomic E-state index is 0.161. The van der Waals surface area contributed by atoms with Gasteiger partial charge in [0, 0.05) is 18.0 Å². The molecule has 0 atom stereocenters. The lowest BCUT2D eigenvalue weighted by atomic mass is 10.1. The van der Waals surface area contributed by atoms with E-state index in [9.17, 15) is 4.79 Å². The summed E-state index contributed by atoms with van der Waals surface area (Å²) in [6, 6.07) is 7.74. The van der Waals surface area contributed by atoms with Gasteiger partial charge in [-0.1, -0.05) is 19.9 Å². The molecule has 0 unspecified atom stereocenters. The minimum Gasteiger partial charge on any atom is -0.323 e. The van der Waals surface area contributed by atoms with E-state index in [2.05, 4.69) is 0 Å². The SMILES string of the molecule is CC.CN(C)CC(=O)c1ccn2ccccc12. The second-order valence-corrected chi connectivity index (χ2v) is 3.88. The highest BCUT2D eigenvalue weighted by Crippen LogP contribution is 2.12. The Bertz CT molecular complexity index is 486. The van der Waals surface area contributed by atoms with E-state index in [1.165, 1.54) is 0 Å². The van der Waals surface area contributed by atoms with E-state index in [-0.39, 0.29) is 5.78 Å². The van der Waals surface area contributed by atoms with Gasteiger partial charge >= 0.3 is 0 Å². The molecule has 0 bridgehead atoms. The van der Waals surface area contributed by atoms with Crippen LogP contribution >= 0.6 is 0 Å². The number of likely N-dealkylation sites (N-methyl/N-ethyl adjacent to an activating group) is 1. The van der Waals surface area contributed by atoms with Gasteiger partial charge in [0.15, 0.2) is 5.78 Å². The van der Waals surface area contributed by atoms with E-state index in [0.717, 1.165) is 11.1 Å². The summed E-state index contributed by atoms with van der Waals surface area (Å²) in [6.45, 7) is 4.45. The van der Waals surface area contributed by atoms with Crippen LogP contribution in [0.1, 0.15) is 24.2 Å². The third-order valence-corrected chi connectivity index (χ3v) is 2.33. The first-order valence-corrected chi connectivity index (χ1v) is 5.92. The fraction of sp³-hybridized carbons (Fsp3) is 0.357. The van der Waals surface area contributed by atoms with Crippen LogP contribution < -0.4 is 0 Å². The minimum absolute atomic E-state index is 0.161. The molecular formula is C14H20N2O. The third kappa shape index (κ3) is 3.17. The number of pyridine rings is 1. The number of fused-ring (bicyclic) bond motifs is 1. The van der Waals surface area contributed by atoms with Crippen molar-refractivity contribution in [3.8, 4) is 0 Å². The van der Waals surface area contributed by atoms with Crippen molar-refractivity contribution < 1.29 is 4.79 Å². The summed E-state index contributed by atoms with van der Waals surface area (Å²) >= 11 is 0. The van der Waals surface area contributed by atoms with Crippen molar-refractivity contribution in [3.05, 3.63) is 42.2 Å². The standard InChI is InChI=1S/C12H14N2O.C2H6/c1-13(2)9-12(15)10-6-8-14-7-4-3-5-11(10)14;1-2/h3-8H,9H2,1-2H3;1-2H3. The largest absolute Gasteiger partial charge is 0.323 e. The zero-order valence-corrected chi connectivity index (χ0v) is 11.0. The number of rotatable bonds is 3. The second kappa shape index (κ2) is 6.21. The Morgan fingerprint density at radius 1 is 1.18 bits per heavy atom. The molecule has 17 heavy (non-hydrogen) atoms. The number of carbonyl (C=O) groups excluding carboxylic acids is 1. The molecule has 0 radical (unpaired) electrons. The summed E-state index contributed by atoms with van der Waals surface area (Å²) in [5.74, 6) is 0.161. The fourth-order valence-corrected chi connectivity index (χ4v) is 1.66. The van der Waals surface area contributed by atoms with Crippen molar-refractivity contribution in [1.82, 2.24) is 9.30 Å². The van der Waals surface area contributed by atoms with Crippen LogP contribution in [0.4, 0.5) is 0 Å². The number of Topliss-reactive ketones (excluding diaryl/α,β-unsaturated/α-hetero) is 1. The molecule has 3 heteroatoms. The van der Waals surface area contributed by atoms with Crippen LogP contribution in [0.15, 0.2) is 36.7 Å². The molecule has 2 aromatic heterocycles. The number of nitrogens with zero attached hydrogens (tertiary/aromatic N) is 2. The molecule has 92 valence electrons. The van der Waals surface area contributed by atoms with E-state index < -0.39 is 0 Å². The topological polar surface area (TPSA) is 24.7 Å². The molecule has 0 aromatic carbocycles. The molecular weight excluding hydrogens is 212 g/mol. The molecule has 0 amide bonds. The lowest BCUT2D eigenvalue weighted by Crippen LogP contribution is -2.21. The van der Waals surface area contributed by atoms with Gasteiger partial charge < -0.3 is 9.30 Å². The molecule has 0 aliphatic heterocycles. The number of carbonyl (C=O) groups is 1. The van der Waals surface area contributed by atoms with Crippen molar-refractivity contribution >= 4 is 11.3 Å². The molecule has 2 rings (SSSR count). The Labute approximate surface area is 103 Å². The molecule has 2 heterocycles. The maximum Gasteiger partial charge on any atom is 0.178 e. The molecule has 3 nitrogen and oxygen atoms in total. The van der Waals surface area contributed by atoms with E-state index in [0.29, 0.717) is 6.54 Å². The van der Waals surface area contributed by atoms with Gasteiger partial charge in [0.1, 0.15) is 0 Å². The summed E-state index contributed by atoms with van der Waals surface area (Å²) in [4.78, 5) is 13.8. The van der Waals surface area contributed by atoms with Crippen LogP contribution in [0, 0.1) is 0 Å². The van der Waals surface area contributed by atoms with E-state index >= 15 is 0 Å². The second-order valence-electron chi connectivity index (χ2n) is 3.88. The van der Waals surface area contributed by atoms with Gasteiger partial charge in [0.2, 0.25) is 0 Å². The van der Waals surface area contributed by atoms with Gasteiger partial charge in [-0.25, -0.2) is 0 Å². The van der Waals surface area contributed by atoms with E-state index in [1.807, 2.05) is 73.9 Å². The lowest BCUT2D eigenvalue weighted by Gasteiger charge is -2.07. The quantitative estimate of drug-likeness (QED) is 0.760. The zero-order chi connectivity index (χ0) is 12.8. The predicted molar refractivity (Wildman–Crippen MR) is 71.6 cm³/mol.